The molecule has 1 radical (unpaired) electrons. The number of hydrogen-bond donors (Lipinski definition) is 0. The lowest BCUT2D eigenvalue weighted by molar-refractivity contribution is -0.179. The lowest BCUT2D eigenvalue weighted by atomic mass is 10.1. The first-order valence-electron chi connectivity index (χ1n) is 5.18. The fourth-order valence-corrected chi connectivity index (χ4v) is 1.63. The Labute approximate surface area is 89.9 Å². The third-order valence-corrected chi connectivity index (χ3v) is 2.44. The van der Waals surface area contributed by atoms with Crippen molar-refractivity contribution in [1.82, 2.24) is 0 Å². The molecule has 1 aliphatic carbocycles. The Hall–Kier alpha value is -1.06. The Balaban J connectivity index is 2.46. The van der Waals surface area contributed by atoms with Crippen LogP contribution in [0.25, 0.3) is 0 Å². The minimum atomic E-state index is -1.23. The normalized spacial score (nSPS) is 17.5. The average Bonchev–Trinajstić information content (AvgIpc) is 2.54. The van der Waals surface area contributed by atoms with Gasteiger partial charge in [0.15, 0.2) is 0 Å². The van der Waals surface area contributed by atoms with E-state index in [-0.39, 0.29) is 6.10 Å². The van der Waals surface area contributed by atoms with Crippen molar-refractivity contribution in [3.8, 4) is 0 Å². The number of carbonyl (C=O) groups excluding carboxylic acids is 2. The van der Waals surface area contributed by atoms with E-state index in [0.29, 0.717) is 0 Å². The van der Waals surface area contributed by atoms with E-state index in [1.807, 2.05) is 0 Å². The van der Waals surface area contributed by atoms with Crippen LogP contribution in [0.3, 0.4) is 0 Å². The molecule has 4 heteroatoms. The van der Waals surface area contributed by atoms with Gasteiger partial charge in [-0.1, -0.05) is 0 Å². The molecule has 1 aliphatic rings. The standard InChI is InChI=1S/C11H17O4/c1-8(12)15-11(2,3)10(13)14-9-6-4-5-7-9/h9H,1,4-7H2,2-3H3. The zero-order valence-electron chi connectivity index (χ0n) is 9.25. The van der Waals surface area contributed by atoms with Crippen molar-refractivity contribution in [3.05, 3.63) is 6.92 Å². The summed E-state index contributed by atoms with van der Waals surface area (Å²) in [5.74, 6) is -1.21. The predicted octanol–water partition coefficient (Wildman–Crippen LogP) is 1.63. The smallest absolute Gasteiger partial charge is 0.350 e. The number of esters is 2. The Bertz CT molecular complexity index is 251. The third-order valence-electron chi connectivity index (χ3n) is 2.44. The van der Waals surface area contributed by atoms with Crippen molar-refractivity contribution in [3.63, 3.8) is 0 Å². The van der Waals surface area contributed by atoms with Crippen molar-refractivity contribution in [2.24, 2.45) is 0 Å². The van der Waals surface area contributed by atoms with E-state index >= 15 is 0 Å². The molecule has 0 aromatic rings. The van der Waals surface area contributed by atoms with Crippen molar-refractivity contribution in [2.75, 3.05) is 0 Å². The molecule has 85 valence electrons. The molecule has 15 heavy (non-hydrogen) atoms. The summed E-state index contributed by atoms with van der Waals surface area (Å²) < 4.78 is 10.0. The second kappa shape index (κ2) is 4.64. The molecule has 1 saturated carbocycles. The second-order valence-electron chi connectivity index (χ2n) is 4.30. The summed E-state index contributed by atoms with van der Waals surface area (Å²) in [7, 11) is 0. The first-order valence-corrected chi connectivity index (χ1v) is 5.18. The van der Waals surface area contributed by atoms with Gasteiger partial charge in [0.1, 0.15) is 6.10 Å². The first kappa shape index (κ1) is 12.0. The van der Waals surface area contributed by atoms with Gasteiger partial charge in [0.2, 0.25) is 5.60 Å². The minimum absolute atomic E-state index is 0.0136. The van der Waals surface area contributed by atoms with E-state index in [1.54, 1.807) is 0 Å². The molecule has 0 aromatic carbocycles. The highest BCUT2D eigenvalue weighted by molar-refractivity contribution is 5.83. The Morgan fingerprint density at radius 3 is 2.27 bits per heavy atom. The molecule has 4 nitrogen and oxygen atoms in total. The van der Waals surface area contributed by atoms with E-state index in [4.69, 9.17) is 9.47 Å². The van der Waals surface area contributed by atoms with Crippen LogP contribution in [0.5, 0.6) is 0 Å². The molecule has 0 aromatic heterocycles. The molecule has 0 bridgehead atoms. The van der Waals surface area contributed by atoms with Crippen LogP contribution in [0.4, 0.5) is 0 Å². The van der Waals surface area contributed by atoms with Crippen LogP contribution < -0.4 is 0 Å². The quantitative estimate of drug-likeness (QED) is 0.668. The summed E-state index contributed by atoms with van der Waals surface area (Å²) in [6, 6.07) is 0. The number of hydrogen-bond acceptors (Lipinski definition) is 4. The van der Waals surface area contributed by atoms with Crippen LogP contribution in [0.15, 0.2) is 0 Å². The highest BCUT2D eigenvalue weighted by Gasteiger charge is 2.35. The van der Waals surface area contributed by atoms with Crippen LogP contribution in [0.2, 0.25) is 0 Å². The maximum absolute atomic E-state index is 11.6. The highest BCUT2D eigenvalue weighted by atomic mass is 16.6. The second-order valence-corrected chi connectivity index (χ2v) is 4.30. The van der Waals surface area contributed by atoms with Gasteiger partial charge >= 0.3 is 11.9 Å². The molecule has 0 aliphatic heterocycles. The first-order chi connectivity index (χ1) is 6.92. The van der Waals surface area contributed by atoms with Gasteiger partial charge in [-0.05, 0) is 39.5 Å². The van der Waals surface area contributed by atoms with Crippen LogP contribution in [0, 0.1) is 6.92 Å². The SMILES string of the molecule is [CH2]C(=O)OC(C)(C)C(=O)OC1CCCC1. The lowest BCUT2D eigenvalue weighted by Gasteiger charge is -2.24. The molecule has 0 spiro atoms. The van der Waals surface area contributed by atoms with Crippen molar-refractivity contribution >= 4 is 11.9 Å². The number of ether oxygens (including phenoxy) is 2. The molecule has 0 unspecified atom stereocenters. The molecule has 0 amide bonds. The van der Waals surface area contributed by atoms with Gasteiger partial charge in [-0.3, -0.25) is 4.79 Å². The molecular weight excluding hydrogens is 196 g/mol. The fraction of sp³-hybridized carbons (Fsp3) is 0.727. The molecule has 0 N–H and O–H groups in total. The molecule has 0 heterocycles. The van der Waals surface area contributed by atoms with Gasteiger partial charge in [-0.15, -0.1) is 0 Å². The summed E-state index contributed by atoms with van der Waals surface area (Å²) >= 11 is 0. The summed E-state index contributed by atoms with van der Waals surface area (Å²) in [5.41, 5.74) is -1.23. The van der Waals surface area contributed by atoms with E-state index in [1.165, 1.54) is 13.8 Å². The van der Waals surface area contributed by atoms with Gasteiger partial charge < -0.3 is 9.47 Å². The number of carbonyl (C=O) groups is 2. The van der Waals surface area contributed by atoms with Gasteiger partial charge in [-0.25, -0.2) is 4.79 Å². The molecule has 0 saturated heterocycles. The molecule has 1 fully saturated rings. The summed E-state index contributed by atoms with van der Waals surface area (Å²) in [6.07, 6.45) is 3.97. The Morgan fingerprint density at radius 2 is 1.80 bits per heavy atom. The monoisotopic (exact) mass is 213 g/mol. The van der Waals surface area contributed by atoms with Gasteiger partial charge in [0.25, 0.3) is 0 Å². The van der Waals surface area contributed by atoms with Gasteiger partial charge in [0.05, 0.1) is 6.92 Å². The zero-order chi connectivity index (χ0) is 11.5. The minimum Gasteiger partial charge on any atom is -0.459 e. The summed E-state index contributed by atoms with van der Waals surface area (Å²) in [6.45, 7) is 6.08. The highest BCUT2D eigenvalue weighted by Crippen LogP contribution is 2.23. The van der Waals surface area contributed by atoms with E-state index in [0.717, 1.165) is 25.7 Å². The fourth-order valence-electron chi connectivity index (χ4n) is 1.63. The summed E-state index contributed by atoms with van der Waals surface area (Å²) in [4.78, 5) is 22.3. The Morgan fingerprint density at radius 1 is 1.27 bits per heavy atom. The van der Waals surface area contributed by atoms with Crippen molar-refractivity contribution in [2.45, 2.75) is 51.2 Å². The van der Waals surface area contributed by atoms with E-state index < -0.39 is 17.5 Å². The van der Waals surface area contributed by atoms with Crippen molar-refractivity contribution < 1.29 is 19.1 Å². The predicted molar refractivity (Wildman–Crippen MR) is 53.9 cm³/mol. The van der Waals surface area contributed by atoms with Crippen molar-refractivity contribution in [1.29, 1.82) is 0 Å². The zero-order valence-corrected chi connectivity index (χ0v) is 9.25. The van der Waals surface area contributed by atoms with E-state index in [9.17, 15) is 9.59 Å². The van der Waals surface area contributed by atoms with E-state index in [2.05, 4.69) is 6.92 Å². The van der Waals surface area contributed by atoms with Crippen LogP contribution in [-0.2, 0) is 19.1 Å². The molecule has 1 rings (SSSR count). The maximum atomic E-state index is 11.6. The van der Waals surface area contributed by atoms with Crippen LogP contribution in [0.1, 0.15) is 39.5 Å². The van der Waals surface area contributed by atoms with Gasteiger partial charge in [-0.2, -0.15) is 0 Å². The molecular formula is C11H17O4. The van der Waals surface area contributed by atoms with Crippen LogP contribution in [-0.4, -0.2) is 23.6 Å². The Kier molecular flexibility index (Phi) is 3.72. The van der Waals surface area contributed by atoms with Crippen LogP contribution >= 0.6 is 0 Å². The third kappa shape index (κ3) is 3.53. The van der Waals surface area contributed by atoms with Gasteiger partial charge in [0, 0.05) is 0 Å². The largest absolute Gasteiger partial charge is 0.459 e. The lowest BCUT2D eigenvalue weighted by Crippen LogP contribution is -2.39. The summed E-state index contributed by atoms with van der Waals surface area (Å²) in [5, 5.41) is 0. The maximum Gasteiger partial charge on any atom is 0.350 e. The number of rotatable bonds is 3. The molecule has 0 atom stereocenters. The topological polar surface area (TPSA) is 52.6 Å². The average molecular weight is 213 g/mol.